The van der Waals surface area contributed by atoms with Gasteiger partial charge in [-0.1, -0.05) is 42.8 Å². The Kier molecular flexibility index (Phi) is 5.16. The molecule has 0 aliphatic heterocycles. The molecule has 1 N–H and O–H groups in total. The summed E-state index contributed by atoms with van der Waals surface area (Å²) < 4.78 is 0.848. The highest BCUT2D eigenvalue weighted by molar-refractivity contribution is 9.10. The SMILES string of the molecule is CC(N(C)Cc1ccc(C(=O)O)cc1Br)C(C)(C)C. The van der Waals surface area contributed by atoms with Gasteiger partial charge in [0.25, 0.3) is 0 Å². The summed E-state index contributed by atoms with van der Waals surface area (Å²) in [6.45, 7) is 9.66. The molecule has 0 aromatic heterocycles. The molecule has 0 aliphatic rings. The number of carboxylic acid groups (broad SMARTS) is 1. The molecule has 1 rings (SSSR count). The number of hydrogen-bond donors (Lipinski definition) is 1. The van der Waals surface area contributed by atoms with Gasteiger partial charge >= 0.3 is 5.97 Å². The van der Waals surface area contributed by atoms with E-state index in [0.717, 1.165) is 16.6 Å². The molecular formula is C15H22BrNO2. The Balaban J connectivity index is 2.86. The Hall–Kier alpha value is -0.870. The zero-order valence-electron chi connectivity index (χ0n) is 12.2. The van der Waals surface area contributed by atoms with Crippen LogP contribution in [0, 0.1) is 5.41 Å². The van der Waals surface area contributed by atoms with Crippen molar-refractivity contribution in [3.05, 3.63) is 33.8 Å². The predicted octanol–water partition coefficient (Wildman–Crippen LogP) is 4.01. The molecule has 0 heterocycles. The number of halogens is 1. The van der Waals surface area contributed by atoms with E-state index in [2.05, 4.69) is 55.6 Å². The fraction of sp³-hybridized carbons (Fsp3) is 0.533. The van der Waals surface area contributed by atoms with Gasteiger partial charge in [-0.05, 0) is 37.1 Å². The number of hydrogen-bond acceptors (Lipinski definition) is 2. The molecule has 0 fully saturated rings. The highest BCUT2D eigenvalue weighted by Crippen LogP contribution is 2.26. The molecule has 1 aromatic rings. The number of benzene rings is 1. The maximum Gasteiger partial charge on any atom is 0.335 e. The van der Waals surface area contributed by atoms with Crippen molar-refractivity contribution in [1.82, 2.24) is 4.90 Å². The average Bonchev–Trinajstić information content (AvgIpc) is 2.29. The van der Waals surface area contributed by atoms with Gasteiger partial charge in [-0.25, -0.2) is 4.79 Å². The summed E-state index contributed by atoms with van der Waals surface area (Å²) in [4.78, 5) is 13.2. The number of carbonyl (C=O) groups is 1. The second kappa shape index (κ2) is 6.06. The van der Waals surface area contributed by atoms with Crippen molar-refractivity contribution in [2.24, 2.45) is 5.41 Å². The van der Waals surface area contributed by atoms with Crippen LogP contribution in [0.2, 0.25) is 0 Å². The molecule has 19 heavy (non-hydrogen) atoms. The number of nitrogens with zero attached hydrogens (tertiary/aromatic N) is 1. The van der Waals surface area contributed by atoms with Gasteiger partial charge in [0.05, 0.1) is 5.56 Å². The summed E-state index contributed by atoms with van der Waals surface area (Å²) in [7, 11) is 2.09. The minimum Gasteiger partial charge on any atom is -0.478 e. The van der Waals surface area contributed by atoms with E-state index in [-0.39, 0.29) is 5.41 Å². The first-order valence-electron chi connectivity index (χ1n) is 6.35. The Morgan fingerprint density at radius 3 is 2.42 bits per heavy atom. The van der Waals surface area contributed by atoms with Crippen molar-refractivity contribution < 1.29 is 9.90 Å². The summed E-state index contributed by atoms with van der Waals surface area (Å²) >= 11 is 3.45. The third-order valence-electron chi connectivity index (χ3n) is 3.63. The lowest BCUT2D eigenvalue weighted by atomic mass is 9.87. The smallest absolute Gasteiger partial charge is 0.335 e. The monoisotopic (exact) mass is 327 g/mol. The molecule has 0 bridgehead atoms. The highest BCUT2D eigenvalue weighted by Gasteiger charge is 2.24. The van der Waals surface area contributed by atoms with Crippen LogP contribution in [0.1, 0.15) is 43.6 Å². The predicted molar refractivity (Wildman–Crippen MR) is 81.5 cm³/mol. The van der Waals surface area contributed by atoms with Crippen LogP contribution < -0.4 is 0 Å². The minimum atomic E-state index is -0.899. The number of rotatable bonds is 4. The second-order valence-corrected chi connectivity index (χ2v) is 6.92. The van der Waals surface area contributed by atoms with Crippen molar-refractivity contribution >= 4 is 21.9 Å². The van der Waals surface area contributed by atoms with Crippen molar-refractivity contribution in [3.8, 4) is 0 Å². The lowest BCUT2D eigenvalue weighted by Gasteiger charge is -2.35. The van der Waals surface area contributed by atoms with Gasteiger partial charge in [0, 0.05) is 17.1 Å². The van der Waals surface area contributed by atoms with E-state index in [1.807, 2.05) is 6.07 Å². The van der Waals surface area contributed by atoms with Crippen molar-refractivity contribution in [3.63, 3.8) is 0 Å². The number of carboxylic acids is 1. The third kappa shape index (κ3) is 4.32. The van der Waals surface area contributed by atoms with Gasteiger partial charge in [0.1, 0.15) is 0 Å². The number of aromatic carboxylic acids is 1. The molecule has 0 saturated carbocycles. The van der Waals surface area contributed by atoms with Crippen LogP contribution in [-0.4, -0.2) is 29.1 Å². The van der Waals surface area contributed by atoms with Crippen LogP contribution >= 0.6 is 15.9 Å². The van der Waals surface area contributed by atoms with E-state index < -0.39 is 5.97 Å². The van der Waals surface area contributed by atoms with E-state index in [1.165, 1.54) is 0 Å². The standard InChI is InChI=1S/C15H22BrNO2/c1-10(15(2,3)4)17(5)9-12-7-6-11(14(18)19)8-13(12)16/h6-8,10H,9H2,1-5H3,(H,18,19). The van der Waals surface area contributed by atoms with Gasteiger partial charge in [-0.2, -0.15) is 0 Å². The van der Waals surface area contributed by atoms with Crippen LogP contribution in [0.4, 0.5) is 0 Å². The first-order chi connectivity index (χ1) is 8.62. The maximum atomic E-state index is 10.9. The molecule has 0 spiro atoms. The Labute approximate surface area is 123 Å². The Morgan fingerprint density at radius 2 is 2.00 bits per heavy atom. The molecule has 106 valence electrons. The first-order valence-corrected chi connectivity index (χ1v) is 7.14. The fourth-order valence-corrected chi connectivity index (χ4v) is 2.38. The molecule has 3 nitrogen and oxygen atoms in total. The fourth-order valence-electron chi connectivity index (χ4n) is 1.88. The van der Waals surface area contributed by atoms with Gasteiger partial charge in [0.15, 0.2) is 0 Å². The first kappa shape index (κ1) is 16.2. The van der Waals surface area contributed by atoms with E-state index in [9.17, 15) is 4.79 Å². The van der Waals surface area contributed by atoms with Crippen molar-refractivity contribution in [1.29, 1.82) is 0 Å². The summed E-state index contributed by atoms with van der Waals surface area (Å²) in [6, 6.07) is 5.61. The van der Waals surface area contributed by atoms with Crippen LogP contribution in [-0.2, 0) is 6.54 Å². The van der Waals surface area contributed by atoms with Gasteiger partial charge in [-0.3, -0.25) is 4.90 Å². The normalized spacial score (nSPS) is 13.6. The highest BCUT2D eigenvalue weighted by atomic mass is 79.9. The molecule has 0 amide bonds. The van der Waals surface area contributed by atoms with Crippen LogP contribution in [0.25, 0.3) is 0 Å². The zero-order valence-corrected chi connectivity index (χ0v) is 13.8. The van der Waals surface area contributed by atoms with Crippen molar-refractivity contribution in [2.75, 3.05) is 7.05 Å². The largest absolute Gasteiger partial charge is 0.478 e. The minimum absolute atomic E-state index is 0.211. The molecule has 1 atom stereocenters. The van der Waals surface area contributed by atoms with Gasteiger partial charge < -0.3 is 5.11 Å². The van der Waals surface area contributed by atoms with E-state index in [1.54, 1.807) is 12.1 Å². The maximum absolute atomic E-state index is 10.9. The molecular weight excluding hydrogens is 306 g/mol. The Bertz CT molecular complexity index is 466. The molecule has 0 radical (unpaired) electrons. The molecule has 0 aliphatic carbocycles. The lowest BCUT2D eigenvalue weighted by Crippen LogP contribution is -2.38. The van der Waals surface area contributed by atoms with E-state index >= 15 is 0 Å². The van der Waals surface area contributed by atoms with Gasteiger partial charge in [-0.15, -0.1) is 0 Å². The second-order valence-electron chi connectivity index (χ2n) is 6.07. The molecule has 1 aromatic carbocycles. The molecule has 4 heteroatoms. The molecule has 1 unspecified atom stereocenters. The van der Waals surface area contributed by atoms with Crippen molar-refractivity contribution in [2.45, 2.75) is 40.3 Å². The summed E-state index contributed by atoms with van der Waals surface area (Å²) in [5, 5.41) is 8.95. The third-order valence-corrected chi connectivity index (χ3v) is 4.37. The van der Waals surface area contributed by atoms with E-state index in [4.69, 9.17) is 5.11 Å². The zero-order chi connectivity index (χ0) is 14.8. The quantitative estimate of drug-likeness (QED) is 0.908. The summed E-state index contributed by atoms with van der Waals surface area (Å²) in [5.74, 6) is -0.899. The average molecular weight is 328 g/mol. The lowest BCUT2D eigenvalue weighted by molar-refractivity contribution is 0.0697. The Morgan fingerprint density at radius 1 is 1.42 bits per heavy atom. The molecule has 0 saturated heterocycles. The van der Waals surface area contributed by atoms with Crippen LogP contribution in [0.5, 0.6) is 0 Å². The van der Waals surface area contributed by atoms with Crippen LogP contribution in [0.15, 0.2) is 22.7 Å². The van der Waals surface area contributed by atoms with Gasteiger partial charge in [0.2, 0.25) is 0 Å². The summed E-state index contributed by atoms with van der Waals surface area (Å²) in [5.41, 5.74) is 1.62. The topological polar surface area (TPSA) is 40.5 Å². The van der Waals surface area contributed by atoms with Crippen LogP contribution in [0.3, 0.4) is 0 Å². The summed E-state index contributed by atoms with van der Waals surface area (Å²) in [6.07, 6.45) is 0. The van der Waals surface area contributed by atoms with E-state index in [0.29, 0.717) is 11.6 Å².